The molecule has 2 rings (SSSR count). The van der Waals surface area contributed by atoms with Gasteiger partial charge in [-0.2, -0.15) is 10.2 Å². The highest BCUT2D eigenvalue weighted by Gasteiger charge is 2.07. The fourth-order valence-corrected chi connectivity index (χ4v) is 1.66. The van der Waals surface area contributed by atoms with Gasteiger partial charge in [-0.05, 0) is 25.1 Å². The molecule has 0 fully saturated rings. The minimum Gasteiger partial charge on any atom is -0.354 e. The van der Waals surface area contributed by atoms with E-state index < -0.39 is 5.82 Å². The van der Waals surface area contributed by atoms with Crippen molar-refractivity contribution in [1.29, 1.82) is 5.26 Å². The van der Waals surface area contributed by atoms with E-state index in [1.54, 1.807) is 6.07 Å². The molecule has 2 aromatic rings. The highest BCUT2D eigenvalue weighted by Crippen LogP contribution is 2.24. The van der Waals surface area contributed by atoms with E-state index in [1.165, 1.54) is 24.4 Å². The summed E-state index contributed by atoms with van der Waals surface area (Å²) in [7, 11) is 0. The van der Waals surface area contributed by atoms with Crippen LogP contribution in [0.25, 0.3) is 0 Å². The van der Waals surface area contributed by atoms with Crippen molar-refractivity contribution in [2.45, 2.75) is 6.92 Å². The van der Waals surface area contributed by atoms with E-state index in [0.29, 0.717) is 29.0 Å². The molecule has 20 heavy (non-hydrogen) atoms. The summed E-state index contributed by atoms with van der Waals surface area (Å²) in [6.07, 6.45) is 1.46. The van der Waals surface area contributed by atoms with Gasteiger partial charge in [0.25, 0.3) is 0 Å². The predicted molar refractivity (Wildman–Crippen MR) is 75.6 cm³/mol. The van der Waals surface area contributed by atoms with E-state index in [4.69, 9.17) is 16.9 Å². The number of hydrogen-bond donors (Lipinski definition) is 2. The lowest BCUT2D eigenvalue weighted by atomic mass is 10.2. The first-order valence-corrected chi connectivity index (χ1v) is 6.25. The Morgan fingerprint density at radius 1 is 1.45 bits per heavy atom. The second-order valence-corrected chi connectivity index (χ2v) is 4.26. The molecule has 0 bridgehead atoms. The van der Waals surface area contributed by atoms with Gasteiger partial charge in [-0.15, -0.1) is 0 Å². The lowest BCUT2D eigenvalue weighted by Gasteiger charge is -2.09. The van der Waals surface area contributed by atoms with Gasteiger partial charge in [-0.3, -0.25) is 0 Å². The zero-order chi connectivity index (χ0) is 14.5. The van der Waals surface area contributed by atoms with Gasteiger partial charge >= 0.3 is 0 Å². The molecule has 5 nitrogen and oxygen atoms in total. The summed E-state index contributed by atoms with van der Waals surface area (Å²) in [6.45, 7) is 2.60. The van der Waals surface area contributed by atoms with E-state index >= 15 is 0 Å². The fourth-order valence-electron chi connectivity index (χ4n) is 1.52. The second-order valence-electron chi connectivity index (χ2n) is 3.85. The van der Waals surface area contributed by atoms with Gasteiger partial charge in [0.2, 0.25) is 5.95 Å². The van der Waals surface area contributed by atoms with Crippen LogP contribution in [0.5, 0.6) is 0 Å². The van der Waals surface area contributed by atoms with Gasteiger partial charge in [0.15, 0.2) is 5.82 Å². The summed E-state index contributed by atoms with van der Waals surface area (Å²) >= 11 is 6.00. The number of benzene rings is 1. The van der Waals surface area contributed by atoms with Crippen molar-refractivity contribution in [1.82, 2.24) is 9.97 Å². The first kappa shape index (κ1) is 14.0. The molecule has 1 aromatic heterocycles. The number of rotatable bonds is 4. The number of aromatic nitrogens is 2. The van der Waals surface area contributed by atoms with Crippen LogP contribution in [0, 0.1) is 17.1 Å². The number of nitrogens with one attached hydrogen (secondary N) is 2. The van der Waals surface area contributed by atoms with Crippen LogP contribution < -0.4 is 10.6 Å². The molecule has 0 aliphatic carbocycles. The van der Waals surface area contributed by atoms with E-state index in [0.717, 1.165) is 0 Å². The van der Waals surface area contributed by atoms with Crippen LogP contribution in [0.3, 0.4) is 0 Å². The summed E-state index contributed by atoms with van der Waals surface area (Å²) in [5, 5.41) is 15.0. The van der Waals surface area contributed by atoms with Gasteiger partial charge in [-0.25, -0.2) is 9.37 Å². The summed E-state index contributed by atoms with van der Waals surface area (Å²) in [5.74, 6) is 0.246. The van der Waals surface area contributed by atoms with Crippen LogP contribution in [0.15, 0.2) is 24.4 Å². The molecule has 0 saturated heterocycles. The molecular weight excluding hydrogens is 281 g/mol. The van der Waals surface area contributed by atoms with Crippen molar-refractivity contribution in [3.63, 3.8) is 0 Å². The molecule has 102 valence electrons. The standard InChI is InChI=1S/C13H11ClFN5/c1-2-17-13-18-7-10(14)12(20-13)19-9-3-4-11(15)8(5-9)6-16/h3-5,7H,2H2,1H3,(H2,17,18,19,20). The largest absolute Gasteiger partial charge is 0.354 e. The topological polar surface area (TPSA) is 73.6 Å². The third kappa shape index (κ3) is 3.13. The second kappa shape index (κ2) is 6.17. The Labute approximate surface area is 120 Å². The third-order valence-electron chi connectivity index (χ3n) is 2.43. The minimum atomic E-state index is -0.569. The predicted octanol–water partition coefficient (Wildman–Crippen LogP) is 3.32. The summed E-state index contributed by atoms with van der Waals surface area (Å²) in [4.78, 5) is 8.20. The van der Waals surface area contributed by atoms with Crippen LogP contribution >= 0.6 is 11.6 Å². The molecule has 0 radical (unpaired) electrons. The maximum absolute atomic E-state index is 13.2. The van der Waals surface area contributed by atoms with Gasteiger partial charge in [0.05, 0.1) is 11.8 Å². The average Bonchev–Trinajstić information content (AvgIpc) is 2.45. The first-order valence-electron chi connectivity index (χ1n) is 5.87. The quantitative estimate of drug-likeness (QED) is 0.904. The van der Waals surface area contributed by atoms with Crippen LogP contribution in [-0.4, -0.2) is 16.5 Å². The summed E-state index contributed by atoms with van der Waals surface area (Å²) in [6, 6.07) is 5.88. The average molecular weight is 292 g/mol. The van der Waals surface area contributed by atoms with Gasteiger partial charge in [-0.1, -0.05) is 11.6 Å². The maximum Gasteiger partial charge on any atom is 0.224 e. The van der Waals surface area contributed by atoms with Gasteiger partial charge in [0.1, 0.15) is 16.9 Å². The highest BCUT2D eigenvalue weighted by molar-refractivity contribution is 6.32. The van der Waals surface area contributed by atoms with Gasteiger partial charge < -0.3 is 10.6 Å². The number of hydrogen-bond acceptors (Lipinski definition) is 5. The lowest BCUT2D eigenvalue weighted by molar-refractivity contribution is 0.624. The monoisotopic (exact) mass is 291 g/mol. The Bertz CT molecular complexity index is 668. The summed E-state index contributed by atoms with van der Waals surface area (Å²) < 4.78 is 13.2. The lowest BCUT2D eigenvalue weighted by Crippen LogP contribution is -2.04. The molecule has 0 unspecified atom stereocenters. The molecule has 2 N–H and O–H groups in total. The zero-order valence-electron chi connectivity index (χ0n) is 10.6. The van der Waals surface area contributed by atoms with Crippen molar-refractivity contribution < 1.29 is 4.39 Å². The van der Waals surface area contributed by atoms with E-state index in [1.807, 2.05) is 6.92 Å². The van der Waals surface area contributed by atoms with Crippen LogP contribution in [0.4, 0.5) is 21.8 Å². The molecular formula is C13H11ClFN5. The molecule has 1 aromatic carbocycles. The van der Waals surface area contributed by atoms with Crippen molar-refractivity contribution in [3.8, 4) is 6.07 Å². The number of halogens is 2. The summed E-state index contributed by atoms with van der Waals surface area (Å²) in [5.41, 5.74) is 0.470. The van der Waals surface area contributed by atoms with E-state index in [2.05, 4.69) is 20.6 Å². The molecule has 0 amide bonds. The Morgan fingerprint density at radius 3 is 2.95 bits per heavy atom. The van der Waals surface area contributed by atoms with Gasteiger partial charge in [0, 0.05) is 12.2 Å². The smallest absolute Gasteiger partial charge is 0.224 e. The fraction of sp³-hybridized carbons (Fsp3) is 0.154. The van der Waals surface area contributed by atoms with Crippen molar-refractivity contribution in [3.05, 3.63) is 40.8 Å². The van der Waals surface area contributed by atoms with Crippen LogP contribution in [0.2, 0.25) is 5.02 Å². The molecule has 0 aliphatic heterocycles. The van der Waals surface area contributed by atoms with Crippen molar-refractivity contribution in [2.75, 3.05) is 17.2 Å². The van der Waals surface area contributed by atoms with Crippen molar-refractivity contribution in [2.24, 2.45) is 0 Å². The molecule has 1 heterocycles. The Kier molecular flexibility index (Phi) is 4.33. The Hall–Kier alpha value is -2.39. The number of nitrogens with zero attached hydrogens (tertiary/aromatic N) is 3. The molecule has 0 aliphatic rings. The molecule has 0 spiro atoms. The Balaban J connectivity index is 2.30. The maximum atomic E-state index is 13.2. The minimum absolute atomic E-state index is 0.0490. The Morgan fingerprint density at radius 2 is 2.25 bits per heavy atom. The molecule has 0 saturated carbocycles. The molecule has 7 heteroatoms. The molecule has 0 atom stereocenters. The van der Waals surface area contributed by atoms with E-state index in [-0.39, 0.29) is 5.56 Å². The number of anilines is 3. The third-order valence-corrected chi connectivity index (χ3v) is 2.71. The van der Waals surface area contributed by atoms with Crippen LogP contribution in [-0.2, 0) is 0 Å². The first-order chi connectivity index (χ1) is 9.63. The zero-order valence-corrected chi connectivity index (χ0v) is 11.4. The number of nitriles is 1. The SMILES string of the molecule is CCNc1ncc(Cl)c(Nc2ccc(F)c(C#N)c2)n1. The normalized spacial score (nSPS) is 9.90. The van der Waals surface area contributed by atoms with Crippen molar-refractivity contribution >= 4 is 29.1 Å². The highest BCUT2D eigenvalue weighted by atomic mass is 35.5. The van der Waals surface area contributed by atoms with E-state index in [9.17, 15) is 4.39 Å². The van der Waals surface area contributed by atoms with Crippen LogP contribution in [0.1, 0.15) is 12.5 Å².